The average Bonchev–Trinajstić information content (AvgIpc) is 2.48. The summed E-state index contributed by atoms with van der Waals surface area (Å²) in [6.45, 7) is 2.03. The van der Waals surface area contributed by atoms with Crippen molar-refractivity contribution in [2.75, 3.05) is 7.11 Å². The number of benzene rings is 1. The first kappa shape index (κ1) is 15.0. The smallest absolute Gasteiger partial charge is 0.306 e. The lowest BCUT2D eigenvalue weighted by Crippen LogP contribution is -2.47. The molecule has 3 heteroatoms. The molecule has 2 rings (SSSR count). The van der Waals surface area contributed by atoms with Gasteiger partial charge in [-0.3, -0.25) is 4.79 Å². The number of methoxy groups -OCH3 is 1. The van der Waals surface area contributed by atoms with Gasteiger partial charge in [0.05, 0.1) is 13.5 Å². The van der Waals surface area contributed by atoms with Gasteiger partial charge in [0.1, 0.15) is 0 Å². The highest BCUT2D eigenvalue weighted by Crippen LogP contribution is 2.51. The van der Waals surface area contributed by atoms with Crippen molar-refractivity contribution < 1.29 is 9.53 Å². The van der Waals surface area contributed by atoms with Gasteiger partial charge in [0.15, 0.2) is 0 Å². The van der Waals surface area contributed by atoms with Crippen molar-refractivity contribution in [1.29, 1.82) is 0 Å². The molecule has 0 heterocycles. The zero-order valence-corrected chi connectivity index (χ0v) is 12.5. The van der Waals surface area contributed by atoms with E-state index in [-0.39, 0.29) is 17.4 Å². The minimum atomic E-state index is -0.174. The quantitative estimate of drug-likeness (QED) is 0.858. The van der Waals surface area contributed by atoms with E-state index in [1.807, 2.05) is 13.0 Å². The summed E-state index contributed by atoms with van der Waals surface area (Å²) in [5.41, 5.74) is 7.45. The number of rotatable bonds is 4. The summed E-state index contributed by atoms with van der Waals surface area (Å²) in [4.78, 5) is 11.9. The molecule has 0 aliphatic heterocycles. The molecule has 0 aromatic heterocycles. The molecule has 1 aromatic rings. The second kappa shape index (κ2) is 6.40. The molecule has 20 heavy (non-hydrogen) atoms. The Morgan fingerprint density at radius 1 is 1.40 bits per heavy atom. The molecule has 1 aliphatic rings. The van der Waals surface area contributed by atoms with E-state index in [9.17, 15) is 4.79 Å². The SMILES string of the molecule is COC(=O)CC1(C(C)N)CCCCC1c1ccccc1. The largest absolute Gasteiger partial charge is 0.469 e. The molecule has 0 bridgehead atoms. The number of ether oxygens (including phenoxy) is 1. The summed E-state index contributed by atoms with van der Waals surface area (Å²) >= 11 is 0. The van der Waals surface area contributed by atoms with Crippen LogP contribution in [-0.2, 0) is 9.53 Å². The molecule has 0 radical (unpaired) electrons. The van der Waals surface area contributed by atoms with Gasteiger partial charge >= 0.3 is 5.97 Å². The lowest BCUT2D eigenvalue weighted by molar-refractivity contribution is -0.145. The Hall–Kier alpha value is -1.35. The van der Waals surface area contributed by atoms with E-state index < -0.39 is 0 Å². The molecule has 1 fully saturated rings. The summed E-state index contributed by atoms with van der Waals surface area (Å²) in [6, 6.07) is 10.4. The molecule has 3 nitrogen and oxygen atoms in total. The third-order valence-corrected chi connectivity index (χ3v) is 4.89. The van der Waals surface area contributed by atoms with Gasteiger partial charge in [-0.15, -0.1) is 0 Å². The number of carbonyl (C=O) groups excluding carboxylic acids is 1. The van der Waals surface area contributed by atoms with Crippen LogP contribution in [0.1, 0.15) is 50.5 Å². The van der Waals surface area contributed by atoms with Crippen molar-refractivity contribution in [2.45, 2.75) is 51.0 Å². The Bertz CT molecular complexity index is 444. The fourth-order valence-corrected chi connectivity index (χ4v) is 3.71. The lowest BCUT2D eigenvalue weighted by atomic mass is 9.59. The second-order valence-corrected chi connectivity index (χ2v) is 5.98. The summed E-state index contributed by atoms with van der Waals surface area (Å²) < 4.78 is 4.92. The van der Waals surface area contributed by atoms with Crippen molar-refractivity contribution in [1.82, 2.24) is 0 Å². The van der Waals surface area contributed by atoms with Crippen molar-refractivity contribution in [2.24, 2.45) is 11.1 Å². The standard InChI is InChI=1S/C17H25NO2/c1-13(18)17(12-16(19)20-2)11-7-6-10-15(17)14-8-4-3-5-9-14/h3-5,8-9,13,15H,6-7,10-12,18H2,1-2H3. The van der Waals surface area contributed by atoms with Gasteiger partial charge in [-0.1, -0.05) is 43.2 Å². The maximum absolute atomic E-state index is 11.9. The van der Waals surface area contributed by atoms with Gasteiger partial charge in [0.25, 0.3) is 0 Å². The van der Waals surface area contributed by atoms with Gasteiger partial charge in [-0.2, -0.15) is 0 Å². The van der Waals surface area contributed by atoms with Crippen LogP contribution in [0.15, 0.2) is 30.3 Å². The van der Waals surface area contributed by atoms with Crippen LogP contribution < -0.4 is 5.73 Å². The molecule has 110 valence electrons. The molecule has 1 aromatic carbocycles. The number of esters is 1. The lowest BCUT2D eigenvalue weighted by Gasteiger charge is -2.47. The van der Waals surface area contributed by atoms with Gasteiger partial charge in [-0.05, 0) is 31.2 Å². The van der Waals surface area contributed by atoms with E-state index in [1.165, 1.54) is 19.1 Å². The zero-order chi connectivity index (χ0) is 14.6. The summed E-state index contributed by atoms with van der Waals surface area (Å²) in [5.74, 6) is 0.196. The van der Waals surface area contributed by atoms with Crippen LogP contribution in [0.3, 0.4) is 0 Å². The maximum Gasteiger partial charge on any atom is 0.306 e. The first-order chi connectivity index (χ1) is 9.60. The highest BCUT2D eigenvalue weighted by Gasteiger charge is 2.45. The molecule has 3 unspecified atom stereocenters. The van der Waals surface area contributed by atoms with E-state index in [4.69, 9.17) is 10.5 Å². The van der Waals surface area contributed by atoms with E-state index in [0.717, 1.165) is 19.3 Å². The number of carbonyl (C=O) groups is 1. The first-order valence-electron chi connectivity index (χ1n) is 7.47. The normalized spacial score (nSPS) is 27.9. The maximum atomic E-state index is 11.9. The molecule has 0 saturated heterocycles. The molecule has 3 atom stereocenters. The Balaban J connectivity index is 2.37. The molecular weight excluding hydrogens is 250 g/mol. The summed E-state index contributed by atoms with van der Waals surface area (Å²) in [5, 5.41) is 0. The van der Waals surface area contributed by atoms with Crippen LogP contribution in [-0.4, -0.2) is 19.1 Å². The Morgan fingerprint density at radius 3 is 2.70 bits per heavy atom. The van der Waals surface area contributed by atoms with Gasteiger partial charge in [0, 0.05) is 11.5 Å². The fourth-order valence-electron chi connectivity index (χ4n) is 3.71. The Morgan fingerprint density at radius 2 is 2.10 bits per heavy atom. The van der Waals surface area contributed by atoms with Crippen LogP contribution in [0.4, 0.5) is 0 Å². The predicted octanol–water partition coefficient (Wildman–Crippen LogP) is 3.24. The van der Waals surface area contributed by atoms with Gasteiger partial charge in [0.2, 0.25) is 0 Å². The van der Waals surface area contributed by atoms with Crippen molar-refractivity contribution in [3.05, 3.63) is 35.9 Å². The second-order valence-electron chi connectivity index (χ2n) is 5.98. The molecule has 2 N–H and O–H groups in total. The average molecular weight is 275 g/mol. The van der Waals surface area contributed by atoms with E-state index in [2.05, 4.69) is 24.3 Å². The van der Waals surface area contributed by atoms with Crippen LogP contribution in [0.25, 0.3) is 0 Å². The third kappa shape index (κ3) is 2.88. The van der Waals surface area contributed by atoms with E-state index >= 15 is 0 Å². The van der Waals surface area contributed by atoms with Crippen LogP contribution >= 0.6 is 0 Å². The topological polar surface area (TPSA) is 52.3 Å². The van der Waals surface area contributed by atoms with Crippen LogP contribution in [0.5, 0.6) is 0 Å². The van der Waals surface area contributed by atoms with Gasteiger partial charge < -0.3 is 10.5 Å². The molecule has 1 aliphatic carbocycles. The molecule has 0 spiro atoms. The van der Waals surface area contributed by atoms with E-state index in [0.29, 0.717) is 12.3 Å². The Kier molecular flexibility index (Phi) is 4.81. The number of hydrogen-bond acceptors (Lipinski definition) is 3. The van der Waals surface area contributed by atoms with Crippen molar-refractivity contribution in [3.63, 3.8) is 0 Å². The van der Waals surface area contributed by atoms with Crippen molar-refractivity contribution >= 4 is 5.97 Å². The minimum Gasteiger partial charge on any atom is -0.469 e. The van der Waals surface area contributed by atoms with Crippen LogP contribution in [0, 0.1) is 5.41 Å². The van der Waals surface area contributed by atoms with E-state index in [1.54, 1.807) is 0 Å². The fraction of sp³-hybridized carbons (Fsp3) is 0.588. The number of nitrogens with two attached hydrogens (primary N) is 1. The zero-order valence-electron chi connectivity index (χ0n) is 12.5. The molecular formula is C17H25NO2. The summed E-state index contributed by atoms with van der Waals surface area (Å²) in [7, 11) is 1.46. The monoisotopic (exact) mass is 275 g/mol. The number of hydrogen-bond donors (Lipinski definition) is 1. The highest BCUT2D eigenvalue weighted by molar-refractivity contribution is 5.70. The summed E-state index contributed by atoms with van der Waals surface area (Å²) in [6.07, 6.45) is 4.86. The molecule has 0 amide bonds. The van der Waals surface area contributed by atoms with Gasteiger partial charge in [-0.25, -0.2) is 0 Å². The van der Waals surface area contributed by atoms with Crippen LogP contribution in [0.2, 0.25) is 0 Å². The predicted molar refractivity (Wildman–Crippen MR) is 80.4 cm³/mol. The third-order valence-electron chi connectivity index (χ3n) is 4.89. The Labute approximate surface area is 121 Å². The highest BCUT2D eigenvalue weighted by atomic mass is 16.5. The minimum absolute atomic E-state index is 0.0212. The molecule has 1 saturated carbocycles. The first-order valence-corrected chi connectivity index (χ1v) is 7.47. The van der Waals surface area contributed by atoms with Crippen molar-refractivity contribution in [3.8, 4) is 0 Å².